The summed E-state index contributed by atoms with van der Waals surface area (Å²) >= 11 is 0. The van der Waals surface area contributed by atoms with Crippen LogP contribution in [0.15, 0.2) is 24.3 Å². The van der Waals surface area contributed by atoms with Crippen LogP contribution in [0.1, 0.15) is 17.0 Å². The van der Waals surface area contributed by atoms with Gasteiger partial charge in [-0.05, 0) is 19.5 Å². The van der Waals surface area contributed by atoms with Crippen molar-refractivity contribution in [3.8, 4) is 0 Å². The highest BCUT2D eigenvalue weighted by atomic mass is 16.4. The third-order valence-electron chi connectivity index (χ3n) is 3.33. The van der Waals surface area contributed by atoms with Crippen LogP contribution in [0, 0.1) is 12.8 Å². The van der Waals surface area contributed by atoms with Gasteiger partial charge in [-0.25, -0.2) is 0 Å². The van der Waals surface area contributed by atoms with E-state index in [0.717, 1.165) is 12.1 Å². The van der Waals surface area contributed by atoms with E-state index in [4.69, 9.17) is 0 Å². The predicted octanol–water partition coefficient (Wildman–Crippen LogP) is 1.72. The fourth-order valence-corrected chi connectivity index (χ4v) is 2.40. The largest absolute Gasteiger partial charge is 0.481 e. The molecule has 16 heavy (non-hydrogen) atoms. The number of carboxylic acids is 1. The molecule has 0 spiro atoms. The number of nitrogens with zero attached hydrogens (tertiary/aromatic N) is 1. The van der Waals surface area contributed by atoms with E-state index in [9.17, 15) is 9.90 Å². The Hall–Kier alpha value is -1.35. The normalized spacial score (nSPS) is 25.9. The first kappa shape index (κ1) is 11.1. The molecule has 1 fully saturated rings. The highest BCUT2D eigenvalue weighted by molar-refractivity contribution is 5.72. The maximum atomic E-state index is 11.2. The number of benzene rings is 1. The summed E-state index contributed by atoms with van der Waals surface area (Å²) in [5, 5.41) is 9.19. The Balaban J connectivity index is 2.25. The first-order valence-electron chi connectivity index (χ1n) is 5.56. The van der Waals surface area contributed by atoms with Crippen LogP contribution in [-0.4, -0.2) is 36.1 Å². The molecule has 86 valence electrons. The van der Waals surface area contributed by atoms with Crippen LogP contribution >= 0.6 is 0 Å². The summed E-state index contributed by atoms with van der Waals surface area (Å²) < 4.78 is 0. The molecule has 0 amide bonds. The van der Waals surface area contributed by atoms with Crippen molar-refractivity contribution < 1.29 is 9.90 Å². The zero-order valence-corrected chi connectivity index (χ0v) is 9.68. The van der Waals surface area contributed by atoms with Gasteiger partial charge >= 0.3 is 5.97 Å². The fraction of sp³-hybridized carbons (Fsp3) is 0.462. The minimum absolute atomic E-state index is 0.128. The van der Waals surface area contributed by atoms with Crippen molar-refractivity contribution in [3.63, 3.8) is 0 Å². The van der Waals surface area contributed by atoms with Crippen molar-refractivity contribution in [2.45, 2.75) is 12.8 Å². The van der Waals surface area contributed by atoms with Gasteiger partial charge in [0, 0.05) is 19.0 Å². The van der Waals surface area contributed by atoms with E-state index < -0.39 is 5.97 Å². The van der Waals surface area contributed by atoms with E-state index >= 15 is 0 Å². The lowest BCUT2D eigenvalue weighted by Gasteiger charge is -2.15. The molecule has 2 rings (SSSR count). The third kappa shape index (κ3) is 2.09. The van der Waals surface area contributed by atoms with E-state index in [1.54, 1.807) is 0 Å². The zero-order chi connectivity index (χ0) is 11.7. The smallest absolute Gasteiger partial charge is 0.308 e. The van der Waals surface area contributed by atoms with E-state index in [-0.39, 0.29) is 11.8 Å². The number of likely N-dealkylation sites (N-methyl/N-ethyl adjacent to an activating group) is 1. The summed E-state index contributed by atoms with van der Waals surface area (Å²) in [6, 6.07) is 8.20. The second kappa shape index (κ2) is 4.26. The number of hydrogen-bond acceptors (Lipinski definition) is 2. The van der Waals surface area contributed by atoms with Crippen molar-refractivity contribution in [2.24, 2.45) is 5.92 Å². The van der Waals surface area contributed by atoms with Crippen LogP contribution in [0.5, 0.6) is 0 Å². The molecule has 0 radical (unpaired) electrons. The molecule has 1 N–H and O–H groups in total. The molecular weight excluding hydrogens is 202 g/mol. The third-order valence-corrected chi connectivity index (χ3v) is 3.33. The lowest BCUT2D eigenvalue weighted by atomic mass is 9.89. The summed E-state index contributed by atoms with van der Waals surface area (Å²) in [5.41, 5.74) is 2.35. The average Bonchev–Trinajstić information content (AvgIpc) is 2.61. The monoisotopic (exact) mass is 219 g/mol. The molecule has 1 saturated heterocycles. The molecule has 0 bridgehead atoms. The Morgan fingerprint density at radius 2 is 1.94 bits per heavy atom. The first-order valence-corrected chi connectivity index (χ1v) is 5.56. The summed E-state index contributed by atoms with van der Waals surface area (Å²) in [6.07, 6.45) is 0. The molecule has 0 saturated carbocycles. The molecule has 0 unspecified atom stereocenters. The first-order chi connectivity index (χ1) is 7.58. The number of aryl methyl sites for hydroxylation is 1. The SMILES string of the molecule is Cc1ccc([C@H]2CN(C)C[C@H]2C(=O)O)cc1. The number of aliphatic carboxylic acids is 1. The van der Waals surface area contributed by atoms with Crippen LogP contribution in [0.4, 0.5) is 0 Å². The Morgan fingerprint density at radius 1 is 1.31 bits per heavy atom. The summed E-state index contributed by atoms with van der Waals surface area (Å²) in [5.74, 6) is -0.828. The average molecular weight is 219 g/mol. The molecular formula is C13H17NO2. The molecule has 2 atom stereocenters. The maximum absolute atomic E-state index is 11.2. The van der Waals surface area contributed by atoms with Gasteiger partial charge in [0.05, 0.1) is 5.92 Å². The Bertz CT molecular complexity index is 385. The predicted molar refractivity (Wildman–Crippen MR) is 62.5 cm³/mol. The highest BCUT2D eigenvalue weighted by Crippen LogP contribution is 2.32. The van der Waals surface area contributed by atoms with Gasteiger partial charge in [0.2, 0.25) is 0 Å². The quantitative estimate of drug-likeness (QED) is 0.823. The molecule has 3 heteroatoms. The van der Waals surface area contributed by atoms with Crippen LogP contribution in [0.25, 0.3) is 0 Å². The second-order valence-corrected chi connectivity index (χ2v) is 4.68. The van der Waals surface area contributed by atoms with E-state index in [1.807, 2.05) is 26.1 Å². The highest BCUT2D eigenvalue weighted by Gasteiger charge is 2.36. The van der Waals surface area contributed by atoms with Crippen LogP contribution < -0.4 is 0 Å². The number of carbonyl (C=O) groups is 1. The van der Waals surface area contributed by atoms with Gasteiger partial charge in [-0.1, -0.05) is 29.8 Å². The molecule has 1 heterocycles. The summed E-state index contributed by atoms with van der Waals surface area (Å²) in [6.45, 7) is 3.52. The Morgan fingerprint density at radius 3 is 2.50 bits per heavy atom. The second-order valence-electron chi connectivity index (χ2n) is 4.68. The minimum atomic E-state index is -0.685. The number of rotatable bonds is 2. The zero-order valence-electron chi connectivity index (χ0n) is 9.68. The van der Waals surface area contributed by atoms with Crippen molar-refractivity contribution >= 4 is 5.97 Å². The van der Waals surface area contributed by atoms with Crippen LogP contribution in [0.3, 0.4) is 0 Å². The van der Waals surface area contributed by atoms with Crippen LogP contribution in [-0.2, 0) is 4.79 Å². The minimum Gasteiger partial charge on any atom is -0.481 e. The fourth-order valence-electron chi connectivity index (χ4n) is 2.40. The van der Waals surface area contributed by atoms with Gasteiger partial charge < -0.3 is 10.0 Å². The number of likely N-dealkylation sites (tertiary alicyclic amines) is 1. The van der Waals surface area contributed by atoms with Crippen molar-refractivity contribution in [3.05, 3.63) is 35.4 Å². The van der Waals surface area contributed by atoms with Gasteiger partial charge in [0.25, 0.3) is 0 Å². The number of carboxylic acid groups (broad SMARTS) is 1. The molecule has 3 nitrogen and oxygen atoms in total. The summed E-state index contributed by atoms with van der Waals surface area (Å²) in [4.78, 5) is 13.3. The van der Waals surface area contributed by atoms with Gasteiger partial charge in [0.1, 0.15) is 0 Å². The molecule has 1 aliphatic rings. The molecule has 1 aliphatic heterocycles. The van der Waals surface area contributed by atoms with Gasteiger partial charge in [-0.2, -0.15) is 0 Å². The van der Waals surface area contributed by atoms with E-state index in [1.165, 1.54) is 5.56 Å². The van der Waals surface area contributed by atoms with Crippen molar-refractivity contribution in [1.29, 1.82) is 0 Å². The molecule has 0 aromatic heterocycles. The Kier molecular flexibility index (Phi) is 2.97. The Labute approximate surface area is 95.7 Å². The van der Waals surface area contributed by atoms with Crippen LogP contribution in [0.2, 0.25) is 0 Å². The van der Waals surface area contributed by atoms with E-state index in [2.05, 4.69) is 17.0 Å². The topological polar surface area (TPSA) is 40.5 Å². The molecule has 1 aromatic rings. The molecule has 1 aromatic carbocycles. The van der Waals surface area contributed by atoms with Gasteiger partial charge in [0.15, 0.2) is 0 Å². The number of hydrogen-bond donors (Lipinski definition) is 1. The standard InChI is InChI=1S/C13H17NO2/c1-9-3-5-10(6-4-9)11-7-14(2)8-12(11)13(15)16/h3-6,11-12H,7-8H2,1-2H3,(H,15,16)/t11-,12-/m1/s1. The van der Waals surface area contributed by atoms with Crippen molar-refractivity contribution in [1.82, 2.24) is 4.90 Å². The summed E-state index contributed by atoms with van der Waals surface area (Å²) in [7, 11) is 1.98. The van der Waals surface area contributed by atoms with Gasteiger partial charge in [-0.3, -0.25) is 4.79 Å². The molecule has 0 aliphatic carbocycles. The van der Waals surface area contributed by atoms with Crippen molar-refractivity contribution in [2.75, 3.05) is 20.1 Å². The van der Waals surface area contributed by atoms with E-state index in [0.29, 0.717) is 6.54 Å². The lowest BCUT2D eigenvalue weighted by molar-refractivity contribution is -0.141. The van der Waals surface area contributed by atoms with Gasteiger partial charge in [-0.15, -0.1) is 0 Å². The maximum Gasteiger partial charge on any atom is 0.308 e. The lowest BCUT2D eigenvalue weighted by Crippen LogP contribution is -2.21.